The second-order valence-electron chi connectivity index (χ2n) is 5.29. The number of carbonyl (C=O) groups excluding carboxylic acids is 2. The summed E-state index contributed by atoms with van der Waals surface area (Å²) < 4.78 is 0. The minimum atomic E-state index is -0.552. The number of aldehydes is 1. The van der Waals surface area contributed by atoms with Gasteiger partial charge in [-0.2, -0.15) is 0 Å². The van der Waals surface area contributed by atoms with Gasteiger partial charge in [0.25, 0.3) is 5.91 Å². The Morgan fingerprint density at radius 3 is 2.45 bits per heavy atom. The van der Waals surface area contributed by atoms with Crippen molar-refractivity contribution in [3.63, 3.8) is 0 Å². The van der Waals surface area contributed by atoms with Crippen LogP contribution < -0.4 is 5.32 Å². The number of nitrogens with one attached hydrogen (secondary N) is 1. The highest BCUT2D eigenvalue weighted by Gasteiger charge is 2.15. The summed E-state index contributed by atoms with van der Waals surface area (Å²) in [5, 5.41) is 2.75. The van der Waals surface area contributed by atoms with Gasteiger partial charge in [0.15, 0.2) is 0 Å². The maximum absolute atomic E-state index is 12.3. The molecule has 0 aliphatic carbocycles. The van der Waals surface area contributed by atoms with Gasteiger partial charge in [0, 0.05) is 5.57 Å². The van der Waals surface area contributed by atoms with Crippen molar-refractivity contribution >= 4 is 12.2 Å². The van der Waals surface area contributed by atoms with Crippen molar-refractivity contribution in [2.45, 2.75) is 33.2 Å². The SMILES string of the molecule is C=C(C)/C(=C\C=C/C)C(=O)N[C@H](C=O)Cc1ccc(C)cc1. The molecule has 0 fully saturated rings. The van der Waals surface area contributed by atoms with Crippen molar-refractivity contribution in [2.24, 2.45) is 0 Å². The summed E-state index contributed by atoms with van der Waals surface area (Å²) in [5.74, 6) is -0.283. The van der Waals surface area contributed by atoms with Crippen LogP contribution in [0.5, 0.6) is 0 Å². The molecule has 0 aliphatic rings. The lowest BCUT2D eigenvalue weighted by atomic mass is 10.0. The van der Waals surface area contributed by atoms with Gasteiger partial charge in [-0.25, -0.2) is 0 Å². The first-order valence-electron chi connectivity index (χ1n) is 7.28. The van der Waals surface area contributed by atoms with E-state index in [0.29, 0.717) is 17.6 Å². The molecular formula is C19H23NO2. The molecule has 0 bridgehead atoms. The zero-order chi connectivity index (χ0) is 16.5. The Hall–Kier alpha value is -2.42. The van der Waals surface area contributed by atoms with Gasteiger partial charge in [-0.3, -0.25) is 4.79 Å². The van der Waals surface area contributed by atoms with E-state index in [-0.39, 0.29) is 5.91 Å². The molecule has 1 atom stereocenters. The molecule has 0 aromatic heterocycles. The predicted octanol–water partition coefficient (Wildman–Crippen LogP) is 3.30. The molecule has 0 unspecified atom stereocenters. The van der Waals surface area contributed by atoms with Crippen molar-refractivity contribution in [3.05, 3.63) is 71.3 Å². The largest absolute Gasteiger partial charge is 0.342 e. The summed E-state index contributed by atoms with van der Waals surface area (Å²) in [6, 6.07) is 7.36. The molecule has 1 amide bonds. The minimum absolute atomic E-state index is 0.283. The molecule has 116 valence electrons. The van der Waals surface area contributed by atoms with Gasteiger partial charge in [-0.1, -0.05) is 48.6 Å². The van der Waals surface area contributed by atoms with E-state index < -0.39 is 6.04 Å². The maximum atomic E-state index is 12.3. The summed E-state index contributed by atoms with van der Waals surface area (Å²) in [7, 11) is 0. The first-order chi connectivity index (χ1) is 10.5. The molecular weight excluding hydrogens is 274 g/mol. The third-order valence-electron chi connectivity index (χ3n) is 3.22. The first-order valence-corrected chi connectivity index (χ1v) is 7.28. The van der Waals surface area contributed by atoms with Crippen molar-refractivity contribution in [2.75, 3.05) is 0 Å². The third kappa shape index (κ3) is 5.52. The summed E-state index contributed by atoms with van der Waals surface area (Å²) in [5.41, 5.74) is 3.32. The molecule has 0 saturated carbocycles. The second-order valence-corrected chi connectivity index (χ2v) is 5.29. The summed E-state index contributed by atoms with van der Waals surface area (Å²) >= 11 is 0. The fourth-order valence-corrected chi connectivity index (χ4v) is 1.96. The Morgan fingerprint density at radius 2 is 1.95 bits per heavy atom. The van der Waals surface area contributed by atoms with E-state index in [0.717, 1.165) is 17.4 Å². The maximum Gasteiger partial charge on any atom is 0.252 e. The quantitative estimate of drug-likeness (QED) is 0.477. The lowest BCUT2D eigenvalue weighted by Crippen LogP contribution is -2.38. The average Bonchev–Trinajstić information content (AvgIpc) is 2.48. The van der Waals surface area contributed by atoms with Crippen LogP contribution >= 0.6 is 0 Å². The van der Waals surface area contributed by atoms with Crippen LogP contribution in [0.3, 0.4) is 0 Å². The molecule has 22 heavy (non-hydrogen) atoms. The highest BCUT2D eigenvalue weighted by Crippen LogP contribution is 2.09. The molecule has 1 aromatic rings. The van der Waals surface area contributed by atoms with Gasteiger partial charge in [-0.15, -0.1) is 0 Å². The number of allylic oxidation sites excluding steroid dienone is 3. The molecule has 1 rings (SSSR count). The van der Waals surface area contributed by atoms with Gasteiger partial charge >= 0.3 is 0 Å². The zero-order valence-corrected chi connectivity index (χ0v) is 13.4. The number of aryl methyl sites for hydroxylation is 1. The summed E-state index contributed by atoms with van der Waals surface area (Å²) in [6.45, 7) is 9.45. The van der Waals surface area contributed by atoms with Crippen molar-refractivity contribution in [1.29, 1.82) is 0 Å². The van der Waals surface area contributed by atoms with E-state index in [1.165, 1.54) is 0 Å². The van der Waals surface area contributed by atoms with E-state index in [9.17, 15) is 9.59 Å². The zero-order valence-electron chi connectivity index (χ0n) is 13.4. The molecule has 0 radical (unpaired) electrons. The Morgan fingerprint density at radius 1 is 1.32 bits per heavy atom. The highest BCUT2D eigenvalue weighted by atomic mass is 16.2. The number of hydrogen-bond acceptors (Lipinski definition) is 2. The van der Waals surface area contributed by atoms with Crippen LogP contribution in [0.4, 0.5) is 0 Å². The van der Waals surface area contributed by atoms with E-state index in [1.807, 2.05) is 44.2 Å². The third-order valence-corrected chi connectivity index (χ3v) is 3.22. The number of benzene rings is 1. The van der Waals surface area contributed by atoms with Crippen LogP contribution in [0.25, 0.3) is 0 Å². The monoisotopic (exact) mass is 297 g/mol. The van der Waals surface area contributed by atoms with E-state index >= 15 is 0 Å². The van der Waals surface area contributed by atoms with Crippen LogP contribution in [-0.4, -0.2) is 18.2 Å². The molecule has 0 aliphatic heterocycles. The molecule has 3 heteroatoms. The Kier molecular flexibility index (Phi) is 7.03. The minimum Gasteiger partial charge on any atom is -0.342 e. The normalized spacial score (nSPS) is 13.0. The Labute approximate surface area is 132 Å². The van der Waals surface area contributed by atoms with Crippen molar-refractivity contribution < 1.29 is 9.59 Å². The molecule has 3 nitrogen and oxygen atoms in total. The van der Waals surface area contributed by atoms with E-state index in [1.54, 1.807) is 19.1 Å². The lowest BCUT2D eigenvalue weighted by molar-refractivity contribution is -0.120. The molecule has 0 saturated heterocycles. The average molecular weight is 297 g/mol. The van der Waals surface area contributed by atoms with E-state index in [4.69, 9.17) is 0 Å². The molecule has 0 heterocycles. The van der Waals surface area contributed by atoms with E-state index in [2.05, 4.69) is 11.9 Å². The first kappa shape index (κ1) is 17.6. The standard InChI is InChI=1S/C19H23NO2/c1-5-6-7-18(14(2)3)19(22)20-17(13-21)12-16-10-8-15(4)9-11-16/h5-11,13,17H,2,12H2,1,3-4H3,(H,20,22)/b6-5-,18-7+/t17-/m0/s1. The Bertz CT molecular complexity index is 594. The van der Waals surface area contributed by atoms with Gasteiger partial charge in [0.1, 0.15) is 6.29 Å². The van der Waals surface area contributed by atoms with Crippen molar-refractivity contribution in [1.82, 2.24) is 5.32 Å². The molecule has 1 N–H and O–H groups in total. The van der Waals surface area contributed by atoms with Crippen LogP contribution in [0, 0.1) is 6.92 Å². The predicted molar refractivity (Wildman–Crippen MR) is 90.6 cm³/mol. The topological polar surface area (TPSA) is 46.2 Å². The fraction of sp³-hybridized carbons (Fsp3) is 0.263. The number of carbonyl (C=O) groups is 2. The van der Waals surface area contributed by atoms with Gasteiger partial charge < -0.3 is 10.1 Å². The second kappa shape index (κ2) is 8.78. The smallest absolute Gasteiger partial charge is 0.252 e. The van der Waals surface area contributed by atoms with Gasteiger partial charge in [0.05, 0.1) is 6.04 Å². The lowest BCUT2D eigenvalue weighted by Gasteiger charge is -2.14. The number of rotatable bonds is 7. The molecule has 0 spiro atoms. The summed E-state index contributed by atoms with van der Waals surface area (Å²) in [6.07, 6.45) is 6.55. The number of amides is 1. The van der Waals surface area contributed by atoms with Crippen LogP contribution in [0.1, 0.15) is 25.0 Å². The fourth-order valence-electron chi connectivity index (χ4n) is 1.96. The Balaban J connectivity index is 2.79. The summed E-state index contributed by atoms with van der Waals surface area (Å²) in [4.78, 5) is 23.5. The van der Waals surface area contributed by atoms with Crippen LogP contribution in [0.15, 0.2) is 60.2 Å². The van der Waals surface area contributed by atoms with Gasteiger partial charge in [0.2, 0.25) is 0 Å². The van der Waals surface area contributed by atoms with Crippen LogP contribution in [-0.2, 0) is 16.0 Å². The number of hydrogen-bond donors (Lipinski definition) is 1. The van der Waals surface area contributed by atoms with Crippen LogP contribution in [0.2, 0.25) is 0 Å². The molecule has 1 aromatic carbocycles. The highest BCUT2D eigenvalue weighted by molar-refractivity contribution is 5.99. The van der Waals surface area contributed by atoms with Crippen molar-refractivity contribution in [3.8, 4) is 0 Å². The van der Waals surface area contributed by atoms with Gasteiger partial charge in [-0.05, 0) is 44.4 Å².